The van der Waals surface area contributed by atoms with Crippen LogP contribution in [0.15, 0.2) is 29.6 Å². The van der Waals surface area contributed by atoms with Gasteiger partial charge in [0.15, 0.2) is 0 Å². The summed E-state index contributed by atoms with van der Waals surface area (Å²) in [6, 6.07) is 7.12. The van der Waals surface area contributed by atoms with Crippen LogP contribution in [0.3, 0.4) is 0 Å². The first-order valence-electron chi connectivity index (χ1n) is 4.41. The number of rotatable bonds is 2. The molecule has 1 aromatic rings. The van der Waals surface area contributed by atoms with E-state index in [1.165, 1.54) is 5.01 Å². The van der Waals surface area contributed by atoms with E-state index >= 15 is 0 Å². The van der Waals surface area contributed by atoms with Crippen molar-refractivity contribution in [1.82, 2.24) is 0 Å². The number of anilines is 1. The van der Waals surface area contributed by atoms with Gasteiger partial charge >= 0.3 is 0 Å². The van der Waals surface area contributed by atoms with Crippen LogP contribution in [0.25, 0.3) is 0 Å². The monoisotopic (exact) mass is 193 g/mol. The number of benzene rings is 1. The maximum Gasteiger partial charge on any atom is 0.144 e. The van der Waals surface area contributed by atoms with Crippen LogP contribution in [0.4, 0.5) is 5.69 Å². The Bertz CT molecular complexity index is 343. The summed E-state index contributed by atoms with van der Waals surface area (Å²) >= 11 is 0. The lowest BCUT2D eigenvalue weighted by Crippen LogP contribution is -2.44. The molecule has 1 atom stereocenters. The fourth-order valence-electron chi connectivity index (χ4n) is 1.50. The second kappa shape index (κ2) is 3.63. The average molecular weight is 193 g/mol. The first-order valence-corrected chi connectivity index (χ1v) is 4.41. The standard InChI is InChI=1S/C9H11N3O2/c10-5-7-6-14-9-4-2-1-3-8(9)12(7)11-13/h1-4,7H,5-6,10H2. The van der Waals surface area contributed by atoms with Gasteiger partial charge in [-0.25, -0.2) is 5.01 Å². The van der Waals surface area contributed by atoms with E-state index in [4.69, 9.17) is 10.5 Å². The highest BCUT2D eigenvalue weighted by Gasteiger charge is 2.27. The first kappa shape index (κ1) is 8.96. The minimum absolute atomic E-state index is 0.164. The quantitative estimate of drug-likeness (QED) is 0.708. The van der Waals surface area contributed by atoms with Crippen LogP contribution in [0.1, 0.15) is 0 Å². The minimum atomic E-state index is -0.164. The fourth-order valence-corrected chi connectivity index (χ4v) is 1.50. The third-order valence-corrected chi connectivity index (χ3v) is 2.25. The Hall–Kier alpha value is -1.62. The maximum absolute atomic E-state index is 10.7. The van der Waals surface area contributed by atoms with Crippen LogP contribution in [0, 0.1) is 4.91 Å². The second-order valence-electron chi connectivity index (χ2n) is 3.09. The van der Waals surface area contributed by atoms with Crippen molar-refractivity contribution >= 4 is 5.69 Å². The lowest BCUT2D eigenvalue weighted by Gasteiger charge is -2.31. The number of fused-ring (bicyclic) bond motifs is 1. The largest absolute Gasteiger partial charge is 0.489 e. The van der Waals surface area contributed by atoms with Gasteiger partial charge in [-0.05, 0) is 12.1 Å². The predicted octanol–water partition coefficient (Wildman–Crippen LogP) is 0.894. The Kier molecular flexibility index (Phi) is 2.32. The molecule has 1 aliphatic heterocycles. The summed E-state index contributed by atoms with van der Waals surface area (Å²) < 4.78 is 5.44. The van der Waals surface area contributed by atoms with E-state index in [0.29, 0.717) is 24.6 Å². The molecule has 5 nitrogen and oxygen atoms in total. The zero-order valence-electron chi connectivity index (χ0n) is 7.59. The maximum atomic E-state index is 10.7. The fraction of sp³-hybridized carbons (Fsp3) is 0.333. The molecule has 1 aromatic carbocycles. The highest BCUT2D eigenvalue weighted by Crippen LogP contribution is 2.33. The van der Waals surface area contributed by atoms with Crippen molar-refractivity contribution < 1.29 is 4.74 Å². The molecule has 0 bridgehead atoms. The van der Waals surface area contributed by atoms with Crippen LogP contribution in [0.5, 0.6) is 5.75 Å². The lowest BCUT2D eigenvalue weighted by atomic mass is 10.2. The van der Waals surface area contributed by atoms with E-state index in [1.807, 2.05) is 12.1 Å². The van der Waals surface area contributed by atoms with Gasteiger partial charge < -0.3 is 10.5 Å². The summed E-state index contributed by atoms with van der Waals surface area (Å²) in [6.07, 6.45) is 0. The molecule has 0 aromatic heterocycles. The highest BCUT2D eigenvalue weighted by molar-refractivity contribution is 5.59. The van der Waals surface area contributed by atoms with E-state index < -0.39 is 0 Å². The van der Waals surface area contributed by atoms with Gasteiger partial charge in [0.1, 0.15) is 24.1 Å². The Balaban J connectivity index is 2.39. The van der Waals surface area contributed by atoms with Gasteiger partial charge in [0.25, 0.3) is 0 Å². The molecule has 5 heteroatoms. The van der Waals surface area contributed by atoms with Crippen molar-refractivity contribution in [2.45, 2.75) is 6.04 Å². The van der Waals surface area contributed by atoms with Crippen molar-refractivity contribution in [3.05, 3.63) is 29.2 Å². The molecule has 0 aliphatic carbocycles. The number of nitroso groups, excluding NO2 is 1. The summed E-state index contributed by atoms with van der Waals surface area (Å²) in [7, 11) is 0. The van der Waals surface area contributed by atoms with Crippen LogP contribution in [-0.4, -0.2) is 19.2 Å². The molecule has 0 radical (unpaired) electrons. The number of nitrogens with two attached hydrogens (primary N) is 1. The molecule has 2 N–H and O–H groups in total. The summed E-state index contributed by atoms with van der Waals surface area (Å²) in [6.45, 7) is 0.749. The zero-order chi connectivity index (χ0) is 9.97. The molecular weight excluding hydrogens is 182 g/mol. The molecule has 2 rings (SSSR count). The number of para-hydroxylation sites is 2. The molecule has 1 aliphatic rings. The van der Waals surface area contributed by atoms with E-state index in [2.05, 4.69) is 5.29 Å². The van der Waals surface area contributed by atoms with E-state index in [1.54, 1.807) is 12.1 Å². The molecule has 0 fully saturated rings. The molecule has 1 heterocycles. The van der Waals surface area contributed by atoms with Crippen LogP contribution in [0.2, 0.25) is 0 Å². The Morgan fingerprint density at radius 3 is 3.07 bits per heavy atom. The Morgan fingerprint density at radius 2 is 2.36 bits per heavy atom. The average Bonchev–Trinajstić information content (AvgIpc) is 2.27. The molecular formula is C9H11N3O2. The van der Waals surface area contributed by atoms with Gasteiger partial charge in [0.2, 0.25) is 0 Å². The Labute approximate surface area is 81.4 Å². The van der Waals surface area contributed by atoms with Gasteiger partial charge in [-0.3, -0.25) is 0 Å². The second-order valence-corrected chi connectivity index (χ2v) is 3.09. The van der Waals surface area contributed by atoms with Crippen LogP contribution in [-0.2, 0) is 0 Å². The normalized spacial score (nSPS) is 19.8. The highest BCUT2D eigenvalue weighted by atomic mass is 16.5. The number of hydrogen-bond acceptors (Lipinski definition) is 4. The third kappa shape index (κ3) is 1.31. The Morgan fingerprint density at radius 1 is 1.57 bits per heavy atom. The smallest absolute Gasteiger partial charge is 0.144 e. The molecule has 0 spiro atoms. The molecule has 0 saturated heterocycles. The topological polar surface area (TPSA) is 67.9 Å². The first-order chi connectivity index (χ1) is 6.86. The van der Waals surface area contributed by atoms with Crippen LogP contribution < -0.4 is 15.5 Å². The summed E-state index contributed by atoms with van der Waals surface area (Å²) in [5, 5.41) is 4.34. The van der Waals surface area contributed by atoms with Crippen molar-refractivity contribution in [3.8, 4) is 5.75 Å². The van der Waals surface area contributed by atoms with Crippen molar-refractivity contribution in [1.29, 1.82) is 0 Å². The van der Waals surface area contributed by atoms with Gasteiger partial charge in [-0.15, -0.1) is 4.91 Å². The van der Waals surface area contributed by atoms with E-state index in [-0.39, 0.29) is 6.04 Å². The summed E-state index contributed by atoms with van der Waals surface area (Å²) in [4.78, 5) is 10.7. The number of hydrogen-bond donors (Lipinski definition) is 1. The minimum Gasteiger partial charge on any atom is -0.489 e. The van der Waals surface area contributed by atoms with Crippen molar-refractivity contribution in [3.63, 3.8) is 0 Å². The van der Waals surface area contributed by atoms with Gasteiger partial charge in [-0.1, -0.05) is 12.1 Å². The SMILES string of the molecule is NCC1COc2ccccc2N1N=O. The summed E-state index contributed by atoms with van der Waals surface area (Å²) in [5.41, 5.74) is 6.19. The number of nitrogens with zero attached hydrogens (tertiary/aromatic N) is 2. The molecule has 1 unspecified atom stereocenters. The van der Waals surface area contributed by atoms with E-state index in [9.17, 15) is 4.91 Å². The number of ether oxygens (including phenoxy) is 1. The van der Waals surface area contributed by atoms with E-state index in [0.717, 1.165) is 0 Å². The van der Waals surface area contributed by atoms with Gasteiger partial charge in [0, 0.05) is 6.54 Å². The van der Waals surface area contributed by atoms with Gasteiger partial charge in [0.05, 0.1) is 5.29 Å². The van der Waals surface area contributed by atoms with Crippen molar-refractivity contribution in [2.75, 3.05) is 18.2 Å². The molecule has 0 saturated carbocycles. The molecule has 74 valence electrons. The third-order valence-electron chi connectivity index (χ3n) is 2.25. The molecule has 0 amide bonds. The van der Waals surface area contributed by atoms with Crippen LogP contribution >= 0.6 is 0 Å². The molecule has 14 heavy (non-hydrogen) atoms. The predicted molar refractivity (Wildman–Crippen MR) is 53.1 cm³/mol. The lowest BCUT2D eigenvalue weighted by molar-refractivity contribution is 0.265. The zero-order valence-corrected chi connectivity index (χ0v) is 7.59. The summed E-state index contributed by atoms with van der Waals surface area (Å²) in [5.74, 6) is 0.678. The van der Waals surface area contributed by atoms with Crippen molar-refractivity contribution in [2.24, 2.45) is 11.0 Å². The van der Waals surface area contributed by atoms with Gasteiger partial charge in [-0.2, -0.15) is 0 Å².